The molecule has 2 nitrogen and oxygen atoms in total. The van der Waals surface area contributed by atoms with Gasteiger partial charge in [-0.15, -0.1) is 0 Å². The summed E-state index contributed by atoms with van der Waals surface area (Å²) < 4.78 is 13.7. The number of nitrogens with zero attached hydrogens (tertiary/aromatic N) is 1. The van der Waals surface area contributed by atoms with Crippen LogP contribution in [0.15, 0.2) is 42.5 Å². The molecule has 2 aromatic rings. The van der Waals surface area contributed by atoms with Crippen LogP contribution in [-0.4, -0.2) is 18.5 Å². The smallest absolute Gasteiger partial charge is 0.127 e. The minimum atomic E-state index is -0.122. The zero-order valence-corrected chi connectivity index (χ0v) is 12.4. The Morgan fingerprint density at radius 2 is 1.81 bits per heavy atom. The lowest BCUT2D eigenvalue weighted by molar-refractivity contribution is 0.312. The third-order valence-electron chi connectivity index (χ3n) is 4.08. The Bertz CT molecular complexity index is 624. The normalized spacial score (nSPS) is 14.2. The summed E-state index contributed by atoms with van der Waals surface area (Å²) in [4.78, 5) is 2.18. The van der Waals surface area contributed by atoms with Crippen molar-refractivity contribution in [2.45, 2.75) is 26.1 Å². The predicted molar refractivity (Wildman–Crippen MR) is 83.4 cm³/mol. The lowest BCUT2D eigenvalue weighted by Crippen LogP contribution is -2.26. The van der Waals surface area contributed by atoms with E-state index in [-0.39, 0.29) is 5.82 Å². The highest BCUT2D eigenvalue weighted by molar-refractivity contribution is 5.37. The molecule has 0 fully saturated rings. The van der Waals surface area contributed by atoms with E-state index >= 15 is 0 Å². The van der Waals surface area contributed by atoms with Crippen molar-refractivity contribution in [1.29, 1.82) is 0 Å². The van der Waals surface area contributed by atoms with E-state index < -0.39 is 0 Å². The van der Waals surface area contributed by atoms with Crippen LogP contribution in [0.2, 0.25) is 0 Å². The fourth-order valence-electron chi connectivity index (χ4n) is 3.02. The highest BCUT2D eigenvalue weighted by Crippen LogP contribution is 2.20. The van der Waals surface area contributed by atoms with Crippen molar-refractivity contribution in [2.24, 2.45) is 0 Å². The van der Waals surface area contributed by atoms with Crippen molar-refractivity contribution >= 4 is 0 Å². The van der Waals surface area contributed by atoms with Crippen molar-refractivity contribution in [3.05, 3.63) is 70.5 Å². The SMILES string of the molecule is CN(Cc1ccccc1F)Cc1cccc2c1CCNC2. The molecular formula is C18H21FN2. The first-order valence-corrected chi connectivity index (χ1v) is 7.46. The number of rotatable bonds is 4. The van der Waals surface area contributed by atoms with E-state index in [1.165, 1.54) is 22.8 Å². The predicted octanol–water partition coefficient (Wildman–Crippen LogP) is 3.10. The number of benzene rings is 2. The van der Waals surface area contributed by atoms with Gasteiger partial charge in [0.1, 0.15) is 5.82 Å². The average Bonchev–Trinajstić information content (AvgIpc) is 2.50. The topological polar surface area (TPSA) is 15.3 Å². The standard InChI is InChI=1S/C18H21FN2/c1-21(13-16-5-2-3-8-18(16)19)12-15-7-4-6-14-11-20-10-9-17(14)15/h2-8,20H,9-13H2,1H3. The van der Waals surface area contributed by atoms with Crippen LogP contribution in [0.1, 0.15) is 22.3 Å². The van der Waals surface area contributed by atoms with E-state index in [9.17, 15) is 4.39 Å². The summed E-state index contributed by atoms with van der Waals surface area (Å²) in [5.74, 6) is -0.122. The Balaban J connectivity index is 1.73. The summed E-state index contributed by atoms with van der Waals surface area (Å²) in [6.45, 7) is 3.49. The zero-order valence-electron chi connectivity index (χ0n) is 12.4. The van der Waals surface area contributed by atoms with Crippen molar-refractivity contribution in [3.8, 4) is 0 Å². The molecule has 3 rings (SSSR count). The number of fused-ring (bicyclic) bond motifs is 1. The molecule has 110 valence electrons. The summed E-state index contributed by atoms with van der Waals surface area (Å²) in [6.07, 6.45) is 1.08. The Kier molecular flexibility index (Phi) is 4.32. The second-order valence-electron chi connectivity index (χ2n) is 5.75. The van der Waals surface area contributed by atoms with Gasteiger partial charge in [0.15, 0.2) is 0 Å². The molecule has 0 aromatic heterocycles. The van der Waals surface area contributed by atoms with Crippen LogP contribution in [-0.2, 0) is 26.1 Å². The fourth-order valence-corrected chi connectivity index (χ4v) is 3.02. The molecule has 0 saturated heterocycles. The van der Waals surface area contributed by atoms with Gasteiger partial charge in [-0.3, -0.25) is 4.90 Å². The van der Waals surface area contributed by atoms with Crippen LogP contribution in [0.3, 0.4) is 0 Å². The number of halogens is 1. The van der Waals surface area contributed by atoms with Gasteiger partial charge in [-0.1, -0.05) is 36.4 Å². The van der Waals surface area contributed by atoms with Crippen molar-refractivity contribution in [1.82, 2.24) is 10.2 Å². The van der Waals surface area contributed by atoms with Crippen LogP contribution in [0.5, 0.6) is 0 Å². The molecular weight excluding hydrogens is 263 g/mol. The monoisotopic (exact) mass is 284 g/mol. The summed E-state index contributed by atoms with van der Waals surface area (Å²) in [5, 5.41) is 3.41. The Morgan fingerprint density at radius 3 is 2.67 bits per heavy atom. The maximum Gasteiger partial charge on any atom is 0.127 e. The highest BCUT2D eigenvalue weighted by atomic mass is 19.1. The zero-order chi connectivity index (χ0) is 14.7. The van der Waals surface area contributed by atoms with E-state index in [1.807, 2.05) is 19.2 Å². The number of hydrogen-bond donors (Lipinski definition) is 1. The molecule has 0 aliphatic carbocycles. The van der Waals surface area contributed by atoms with Crippen molar-refractivity contribution in [3.63, 3.8) is 0 Å². The van der Waals surface area contributed by atoms with Crippen LogP contribution in [0.4, 0.5) is 4.39 Å². The van der Waals surface area contributed by atoms with Crippen molar-refractivity contribution in [2.75, 3.05) is 13.6 Å². The third-order valence-corrected chi connectivity index (χ3v) is 4.08. The fraction of sp³-hybridized carbons (Fsp3) is 0.333. The van der Waals surface area contributed by atoms with E-state index in [0.717, 1.165) is 31.6 Å². The summed E-state index contributed by atoms with van der Waals surface area (Å²) in [5.41, 5.74) is 4.99. The quantitative estimate of drug-likeness (QED) is 0.928. The second-order valence-corrected chi connectivity index (χ2v) is 5.75. The van der Waals surface area contributed by atoms with E-state index in [1.54, 1.807) is 6.07 Å². The van der Waals surface area contributed by atoms with Gasteiger partial charge in [0.2, 0.25) is 0 Å². The molecule has 0 saturated carbocycles. The van der Waals surface area contributed by atoms with Gasteiger partial charge in [0.25, 0.3) is 0 Å². The van der Waals surface area contributed by atoms with Gasteiger partial charge < -0.3 is 5.32 Å². The molecule has 0 atom stereocenters. The average molecular weight is 284 g/mol. The third kappa shape index (κ3) is 3.31. The second kappa shape index (κ2) is 6.37. The first-order chi connectivity index (χ1) is 10.2. The molecule has 2 aromatic carbocycles. The van der Waals surface area contributed by atoms with Gasteiger partial charge in [0.05, 0.1) is 0 Å². The molecule has 21 heavy (non-hydrogen) atoms. The minimum absolute atomic E-state index is 0.122. The summed E-state index contributed by atoms with van der Waals surface area (Å²) in [7, 11) is 2.05. The van der Waals surface area contributed by atoms with Crippen LogP contribution < -0.4 is 5.32 Å². The lowest BCUT2D eigenvalue weighted by Gasteiger charge is -2.24. The molecule has 0 bridgehead atoms. The maximum absolute atomic E-state index is 13.7. The highest BCUT2D eigenvalue weighted by Gasteiger charge is 2.14. The molecule has 0 amide bonds. The maximum atomic E-state index is 13.7. The molecule has 1 heterocycles. The number of hydrogen-bond acceptors (Lipinski definition) is 2. The molecule has 0 spiro atoms. The Labute approximate surface area is 125 Å². The van der Waals surface area contributed by atoms with Crippen molar-refractivity contribution < 1.29 is 4.39 Å². The van der Waals surface area contributed by atoms with Gasteiger partial charge in [-0.05, 0) is 42.8 Å². The van der Waals surface area contributed by atoms with Crippen LogP contribution >= 0.6 is 0 Å². The Hall–Kier alpha value is -1.71. The van der Waals surface area contributed by atoms with Crippen LogP contribution in [0, 0.1) is 5.82 Å². The van der Waals surface area contributed by atoms with Gasteiger partial charge in [-0.25, -0.2) is 4.39 Å². The molecule has 3 heteroatoms. The molecule has 1 N–H and O–H groups in total. The van der Waals surface area contributed by atoms with E-state index in [0.29, 0.717) is 6.54 Å². The number of nitrogens with one attached hydrogen (secondary N) is 1. The molecule has 0 unspecified atom stereocenters. The van der Waals surface area contributed by atoms with Gasteiger partial charge in [-0.2, -0.15) is 0 Å². The Morgan fingerprint density at radius 1 is 1.05 bits per heavy atom. The van der Waals surface area contributed by atoms with E-state index in [4.69, 9.17) is 0 Å². The van der Waals surface area contributed by atoms with Crippen LogP contribution in [0.25, 0.3) is 0 Å². The van der Waals surface area contributed by atoms with Gasteiger partial charge >= 0.3 is 0 Å². The summed E-state index contributed by atoms with van der Waals surface area (Å²) in [6, 6.07) is 13.5. The molecule has 1 aliphatic rings. The lowest BCUT2D eigenvalue weighted by atomic mass is 9.95. The largest absolute Gasteiger partial charge is 0.312 e. The first kappa shape index (κ1) is 14.2. The molecule has 1 aliphatic heterocycles. The summed E-state index contributed by atoms with van der Waals surface area (Å²) >= 11 is 0. The minimum Gasteiger partial charge on any atom is -0.312 e. The molecule has 0 radical (unpaired) electrons. The van der Waals surface area contributed by atoms with Gasteiger partial charge in [0, 0.05) is 25.2 Å². The van der Waals surface area contributed by atoms with E-state index in [2.05, 4.69) is 28.4 Å². The first-order valence-electron chi connectivity index (χ1n) is 7.46.